The molecule has 0 aromatic carbocycles. The van der Waals surface area contributed by atoms with Gasteiger partial charge in [-0.15, -0.1) is 0 Å². The summed E-state index contributed by atoms with van der Waals surface area (Å²) < 4.78 is 16.6. The van der Waals surface area contributed by atoms with Gasteiger partial charge < -0.3 is 24.1 Å². The quantitative estimate of drug-likeness (QED) is 0.744. The lowest BCUT2D eigenvalue weighted by molar-refractivity contribution is -0.0391. The third kappa shape index (κ3) is 1.90. The second kappa shape index (κ2) is 5.55. The first-order valence-electron chi connectivity index (χ1n) is 9.72. The van der Waals surface area contributed by atoms with E-state index in [1.54, 1.807) is 0 Å². The predicted molar refractivity (Wildman–Crippen MR) is 96.0 cm³/mol. The molecule has 1 aromatic heterocycles. The molecule has 0 spiro atoms. The normalized spacial score (nSPS) is 41.5. The number of allylic oxidation sites excluding steroid dienone is 1. The summed E-state index contributed by atoms with van der Waals surface area (Å²) in [6.45, 7) is 3.96. The van der Waals surface area contributed by atoms with Crippen molar-refractivity contribution in [3.63, 3.8) is 0 Å². The zero-order valence-corrected chi connectivity index (χ0v) is 16.2. The summed E-state index contributed by atoms with van der Waals surface area (Å²) in [4.78, 5) is 25.9. The van der Waals surface area contributed by atoms with Gasteiger partial charge in [0.05, 0.1) is 24.2 Å². The molecular weight excluding hydrogens is 364 g/mol. The standard InChI is InChI=1S/C21H24O7/c1-20-6-11(22)16-14(10(20)4-5-12(20)23)17(24)18-15-9(7-27-18)19(25)28-13(8-26-3)21(15,16)2/h7,10-13,22-23H,4-6,8H2,1-3H3/t10-,11+,12?,13+,20?,21?/m0/s1. The molecule has 0 radical (unpaired) electrons. The topological polar surface area (TPSA) is 106 Å². The Balaban J connectivity index is 1.80. The first kappa shape index (κ1) is 18.1. The summed E-state index contributed by atoms with van der Waals surface area (Å²) in [6, 6.07) is 0. The van der Waals surface area contributed by atoms with Gasteiger partial charge in [-0.2, -0.15) is 0 Å². The van der Waals surface area contributed by atoms with Crippen molar-refractivity contribution in [2.45, 2.75) is 56.8 Å². The number of ketones is 1. The number of aliphatic hydroxyl groups excluding tert-OH is 2. The Bertz CT molecular complexity index is 927. The van der Waals surface area contributed by atoms with Crippen molar-refractivity contribution in [3.8, 4) is 0 Å². The summed E-state index contributed by atoms with van der Waals surface area (Å²) in [5, 5.41) is 21.8. The first-order chi connectivity index (χ1) is 13.2. The van der Waals surface area contributed by atoms with Crippen LogP contribution in [0.15, 0.2) is 21.8 Å². The number of carbonyl (C=O) groups is 2. The minimum atomic E-state index is -0.926. The molecule has 4 aliphatic rings. The minimum absolute atomic E-state index is 0.133. The van der Waals surface area contributed by atoms with Crippen molar-refractivity contribution in [2.75, 3.05) is 13.7 Å². The second-order valence-electron chi connectivity index (χ2n) is 8.93. The number of carbonyl (C=O) groups excluding carboxylic acids is 2. The lowest BCUT2D eigenvalue weighted by Crippen LogP contribution is -2.57. The Labute approximate surface area is 162 Å². The van der Waals surface area contributed by atoms with Crippen molar-refractivity contribution in [1.82, 2.24) is 0 Å². The Hall–Kier alpha value is -1.96. The van der Waals surface area contributed by atoms with Gasteiger partial charge in [0.25, 0.3) is 0 Å². The Morgan fingerprint density at radius 1 is 1.25 bits per heavy atom. The van der Waals surface area contributed by atoms with Crippen molar-refractivity contribution in [3.05, 3.63) is 34.3 Å². The molecule has 0 amide bonds. The van der Waals surface area contributed by atoms with Crippen molar-refractivity contribution in [2.24, 2.45) is 11.3 Å². The summed E-state index contributed by atoms with van der Waals surface area (Å²) >= 11 is 0. The fourth-order valence-corrected chi connectivity index (χ4v) is 6.21. The number of rotatable bonds is 2. The van der Waals surface area contributed by atoms with Crippen LogP contribution >= 0.6 is 0 Å². The highest BCUT2D eigenvalue weighted by Gasteiger charge is 2.63. The number of fused-ring (bicyclic) bond motifs is 3. The SMILES string of the molecule is COC[C@H]1OC(=O)c2coc3c2C1(C)C1=C(C3=O)[C@@H]2CCC(O)C2(C)C[C@H]1O. The number of cyclic esters (lactones) is 1. The van der Waals surface area contributed by atoms with E-state index >= 15 is 0 Å². The molecule has 2 heterocycles. The fourth-order valence-electron chi connectivity index (χ4n) is 6.21. The number of aliphatic hydroxyl groups is 2. The summed E-state index contributed by atoms with van der Waals surface area (Å²) in [5.74, 6) is -0.865. The van der Waals surface area contributed by atoms with Crippen LogP contribution in [0.25, 0.3) is 0 Å². The van der Waals surface area contributed by atoms with Crippen LogP contribution in [0.4, 0.5) is 0 Å². The fraction of sp³-hybridized carbons (Fsp3) is 0.619. The molecule has 0 saturated heterocycles. The maximum Gasteiger partial charge on any atom is 0.342 e. The molecular formula is C21H24O7. The molecule has 5 rings (SSSR count). The molecule has 150 valence electrons. The van der Waals surface area contributed by atoms with E-state index in [9.17, 15) is 19.8 Å². The number of esters is 1. The molecule has 7 heteroatoms. The Morgan fingerprint density at radius 3 is 2.71 bits per heavy atom. The van der Waals surface area contributed by atoms with Crippen LogP contribution in [0.1, 0.15) is 59.6 Å². The van der Waals surface area contributed by atoms with E-state index in [4.69, 9.17) is 13.9 Å². The molecule has 28 heavy (non-hydrogen) atoms. The van der Waals surface area contributed by atoms with Gasteiger partial charge in [0.2, 0.25) is 5.78 Å². The molecule has 3 aliphatic carbocycles. The molecule has 6 atom stereocenters. The van der Waals surface area contributed by atoms with Gasteiger partial charge in [-0.25, -0.2) is 4.79 Å². The Morgan fingerprint density at radius 2 is 2.00 bits per heavy atom. The van der Waals surface area contributed by atoms with E-state index in [2.05, 4.69) is 0 Å². The van der Waals surface area contributed by atoms with E-state index in [1.807, 2.05) is 13.8 Å². The molecule has 1 fully saturated rings. The highest BCUT2D eigenvalue weighted by atomic mass is 16.6. The maximum absolute atomic E-state index is 13.5. The van der Waals surface area contributed by atoms with E-state index in [-0.39, 0.29) is 29.6 Å². The van der Waals surface area contributed by atoms with E-state index in [1.165, 1.54) is 13.4 Å². The predicted octanol–water partition coefficient (Wildman–Crippen LogP) is 1.76. The highest BCUT2D eigenvalue weighted by molar-refractivity contribution is 6.13. The Kier molecular flexibility index (Phi) is 3.59. The van der Waals surface area contributed by atoms with Crippen molar-refractivity contribution >= 4 is 11.8 Å². The first-order valence-corrected chi connectivity index (χ1v) is 9.72. The molecule has 3 unspecified atom stereocenters. The lowest BCUT2D eigenvalue weighted by Gasteiger charge is -2.52. The number of methoxy groups -OCH3 is 1. The van der Waals surface area contributed by atoms with Gasteiger partial charge in [-0.1, -0.05) is 6.92 Å². The number of Topliss-reactive ketones (excluding diaryl/α,β-unsaturated/α-hetero) is 1. The average Bonchev–Trinajstić information content (AvgIpc) is 3.21. The molecule has 1 aliphatic heterocycles. The number of hydrogen-bond donors (Lipinski definition) is 2. The summed E-state index contributed by atoms with van der Waals surface area (Å²) in [6.07, 6.45) is 0.706. The summed E-state index contributed by atoms with van der Waals surface area (Å²) in [5.41, 5.74) is 0.359. The average molecular weight is 388 g/mol. The van der Waals surface area contributed by atoms with Crippen molar-refractivity contribution in [1.29, 1.82) is 0 Å². The van der Waals surface area contributed by atoms with Gasteiger partial charge in [0.1, 0.15) is 17.9 Å². The number of hydrogen-bond acceptors (Lipinski definition) is 7. The van der Waals surface area contributed by atoms with Crippen LogP contribution in [0.5, 0.6) is 0 Å². The van der Waals surface area contributed by atoms with Crippen LogP contribution in [0.3, 0.4) is 0 Å². The van der Waals surface area contributed by atoms with E-state index in [0.29, 0.717) is 36.0 Å². The summed E-state index contributed by atoms with van der Waals surface area (Å²) in [7, 11) is 1.52. The monoisotopic (exact) mass is 388 g/mol. The van der Waals surface area contributed by atoms with Gasteiger partial charge in [-0.05, 0) is 37.7 Å². The van der Waals surface area contributed by atoms with Crippen LogP contribution in [-0.2, 0) is 14.9 Å². The molecule has 1 saturated carbocycles. The third-order valence-electron chi connectivity index (χ3n) is 7.64. The molecule has 0 bridgehead atoms. The van der Waals surface area contributed by atoms with Crippen LogP contribution < -0.4 is 0 Å². The zero-order valence-electron chi connectivity index (χ0n) is 16.2. The second-order valence-corrected chi connectivity index (χ2v) is 8.93. The minimum Gasteiger partial charge on any atom is -0.460 e. The van der Waals surface area contributed by atoms with Gasteiger partial charge in [-0.3, -0.25) is 4.79 Å². The van der Waals surface area contributed by atoms with Gasteiger partial charge in [0.15, 0.2) is 5.76 Å². The number of ether oxygens (including phenoxy) is 2. The van der Waals surface area contributed by atoms with E-state index in [0.717, 1.165) is 0 Å². The largest absolute Gasteiger partial charge is 0.460 e. The van der Waals surface area contributed by atoms with Crippen LogP contribution in [0, 0.1) is 11.3 Å². The molecule has 7 nitrogen and oxygen atoms in total. The highest BCUT2D eigenvalue weighted by Crippen LogP contribution is 2.61. The maximum atomic E-state index is 13.5. The van der Waals surface area contributed by atoms with E-state index < -0.39 is 35.1 Å². The smallest absolute Gasteiger partial charge is 0.342 e. The third-order valence-corrected chi connectivity index (χ3v) is 7.64. The lowest BCUT2D eigenvalue weighted by atomic mass is 9.54. The van der Waals surface area contributed by atoms with Gasteiger partial charge in [0, 0.05) is 23.7 Å². The van der Waals surface area contributed by atoms with Crippen molar-refractivity contribution < 1.29 is 33.7 Å². The molecule has 2 N–H and O–H groups in total. The number of furan rings is 1. The van der Waals surface area contributed by atoms with Crippen LogP contribution in [-0.4, -0.2) is 54.0 Å². The van der Waals surface area contributed by atoms with Crippen LogP contribution in [0.2, 0.25) is 0 Å². The molecule has 1 aromatic rings. The van der Waals surface area contributed by atoms with Gasteiger partial charge >= 0.3 is 5.97 Å². The zero-order chi connectivity index (χ0) is 20.0.